The zero-order chi connectivity index (χ0) is 18.6. The predicted octanol–water partition coefficient (Wildman–Crippen LogP) is 4.00. The average molecular weight is 365 g/mol. The maximum atomic E-state index is 11.8. The van der Waals surface area contributed by atoms with Crippen molar-refractivity contribution in [1.29, 1.82) is 0 Å². The highest BCUT2D eigenvalue weighted by molar-refractivity contribution is 6.31. The summed E-state index contributed by atoms with van der Waals surface area (Å²) in [6, 6.07) is 5.54. The molecule has 0 amide bonds. The minimum Gasteiger partial charge on any atom is -0.500 e. The summed E-state index contributed by atoms with van der Waals surface area (Å²) in [5, 5.41) is 5.12. The Balaban J connectivity index is 2.39. The quantitative estimate of drug-likeness (QED) is 0.440. The van der Waals surface area contributed by atoms with Crippen LogP contribution in [0.1, 0.15) is 31.0 Å². The largest absolute Gasteiger partial charge is 0.500 e. The molecule has 2 rings (SSSR count). The number of carbonyl (C=O) groups is 1. The molecule has 2 aromatic rings. The zero-order valence-electron chi connectivity index (χ0n) is 14.9. The molecule has 0 radical (unpaired) electrons. The number of hydrogen-bond donors (Lipinski definition) is 0. The second kappa shape index (κ2) is 8.07. The number of nitrogens with zero attached hydrogens (tertiary/aromatic N) is 2. The molecule has 25 heavy (non-hydrogen) atoms. The Morgan fingerprint density at radius 3 is 2.60 bits per heavy atom. The van der Waals surface area contributed by atoms with Crippen LogP contribution in [0.25, 0.3) is 5.69 Å². The Morgan fingerprint density at radius 2 is 2.04 bits per heavy atom. The summed E-state index contributed by atoms with van der Waals surface area (Å²) in [7, 11) is 2.70. The number of methoxy groups -OCH3 is 2. The van der Waals surface area contributed by atoms with Gasteiger partial charge in [0, 0.05) is 12.3 Å². The third-order valence-electron chi connectivity index (χ3n) is 3.51. The van der Waals surface area contributed by atoms with E-state index >= 15 is 0 Å². The van der Waals surface area contributed by atoms with Crippen LogP contribution in [0, 0.1) is 6.92 Å². The van der Waals surface area contributed by atoms with Gasteiger partial charge in [0.15, 0.2) is 0 Å². The maximum absolute atomic E-state index is 11.8. The summed E-state index contributed by atoms with van der Waals surface area (Å²) in [4.78, 5) is 11.8. The molecule has 0 fully saturated rings. The molecule has 6 nitrogen and oxygen atoms in total. The summed E-state index contributed by atoms with van der Waals surface area (Å²) in [5.41, 5.74) is 2.42. The van der Waals surface area contributed by atoms with Gasteiger partial charge in [-0.2, -0.15) is 5.10 Å². The van der Waals surface area contributed by atoms with Crippen LogP contribution in [-0.4, -0.2) is 30.0 Å². The van der Waals surface area contributed by atoms with Gasteiger partial charge in [-0.15, -0.1) is 0 Å². The number of aromatic nitrogens is 2. The van der Waals surface area contributed by atoms with Gasteiger partial charge >= 0.3 is 5.97 Å². The van der Waals surface area contributed by atoms with Crippen LogP contribution in [0.2, 0.25) is 5.02 Å². The molecule has 1 aromatic carbocycles. The van der Waals surface area contributed by atoms with Gasteiger partial charge in [-0.1, -0.05) is 31.5 Å². The lowest BCUT2D eigenvalue weighted by molar-refractivity contribution is -0.138. The van der Waals surface area contributed by atoms with Crippen LogP contribution in [0.15, 0.2) is 36.4 Å². The second-order valence-electron chi connectivity index (χ2n) is 5.72. The van der Waals surface area contributed by atoms with Crippen molar-refractivity contribution < 1.29 is 19.0 Å². The molecule has 0 bridgehead atoms. The van der Waals surface area contributed by atoms with E-state index in [0.717, 1.165) is 16.9 Å². The van der Waals surface area contributed by atoms with Gasteiger partial charge < -0.3 is 14.2 Å². The van der Waals surface area contributed by atoms with Crippen molar-refractivity contribution in [2.45, 2.75) is 26.7 Å². The summed E-state index contributed by atoms with van der Waals surface area (Å²) in [6.45, 7) is 5.93. The fraction of sp³-hybridized carbons (Fsp3) is 0.333. The van der Waals surface area contributed by atoms with Crippen LogP contribution >= 0.6 is 11.6 Å². The highest BCUT2D eigenvalue weighted by Crippen LogP contribution is 2.27. The van der Waals surface area contributed by atoms with Gasteiger partial charge in [-0.25, -0.2) is 9.48 Å². The minimum atomic E-state index is -0.629. The number of carbonyl (C=O) groups excluding carboxylic acids is 1. The lowest BCUT2D eigenvalue weighted by Gasteiger charge is -2.12. The van der Waals surface area contributed by atoms with E-state index < -0.39 is 5.97 Å². The highest BCUT2D eigenvalue weighted by atomic mass is 35.5. The SMILES string of the molecule is CO/C=C(\Oc1cc(-n2cc(Cl)c(C(C)C)n2)ccc1C)C(=O)OC. The first kappa shape index (κ1) is 18.9. The Labute approximate surface area is 151 Å². The Kier molecular flexibility index (Phi) is 6.09. The van der Waals surface area contributed by atoms with Crippen molar-refractivity contribution in [2.24, 2.45) is 0 Å². The molecule has 134 valence electrons. The average Bonchev–Trinajstić information content (AvgIpc) is 2.97. The van der Waals surface area contributed by atoms with Gasteiger partial charge in [0.1, 0.15) is 12.0 Å². The molecule has 7 heteroatoms. The highest BCUT2D eigenvalue weighted by Gasteiger charge is 2.16. The van der Waals surface area contributed by atoms with E-state index in [4.69, 9.17) is 25.8 Å². The molecule has 0 aliphatic rings. The number of hydrogen-bond acceptors (Lipinski definition) is 5. The topological polar surface area (TPSA) is 62.6 Å². The van der Waals surface area contributed by atoms with Gasteiger partial charge in [0.25, 0.3) is 0 Å². The van der Waals surface area contributed by atoms with Gasteiger partial charge in [-0.3, -0.25) is 0 Å². The first-order valence-corrected chi connectivity index (χ1v) is 8.10. The van der Waals surface area contributed by atoms with Crippen molar-refractivity contribution >= 4 is 17.6 Å². The summed E-state index contributed by atoms with van der Waals surface area (Å²) < 4.78 is 16.9. The first-order chi connectivity index (χ1) is 11.9. The minimum absolute atomic E-state index is 0.0494. The smallest absolute Gasteiger partial charge is 0.377 e. The van der Waals surface area contributed by atoms with E-state index in [2.05, 4.69) is 5.10 Å². The molecule has 0 atom stereocenters. The molecule has 0 spiro atoms. The second-order valence-corrected chi connectivity index (χ2v) is 6.13. The van der Waals surface area contributed by atoms with Crippen molar-refractivity contribution in [1.82, 2.24) is 9.78 Å². The molecular formula is C18H21ClN2O4. The summed E-state index contributed by atoms with van der Waals surface area (Å²) in [5.74, 6) is 0.0249. The fourth-order valence-corrected chi connectivity index (χ4v) is 2.52. The normalized spacial score (nSPS) is 11.6. The van der Waals surface area contributed by atoms with Gasteiger partial charge in [0.2, 0.25) is 5.76 Å². The van der Waals surface area contributed by atoms with E-state index in [0.29, 0.717) is 10.8 Å². The van der Waals surface area contributed by atoms with Crippen LogP contribution < -0.4 is 4.74 Å². The lowest BCUT2D eigenvalue weighted by atomic mass is 10.1. The predicted molar refractivity (Wildman–Crippen MR) is 95.1 cm³/mol. The number of ether oxygens (including phenoxy) is 3. The number of benzene rings is 1. The van der Waals surface area contributed by atoms with Crippen LogP contribution in [0.5, 0.6) is 5.75 Å². The number of rotatable bonds is 6. The lowest BCUT2D eigenvalue weighted by Crippen LogP contribution is -2.12. The standard InChI is InChI=1S/C18H21ClN2O4/c1-11(2)17-14(19)9-21(20-17)13-7-6-12(3)15(8-13)25-16(10-23-4)18(22)24-5/h6-11H,1-5H3/b16-10-. The molecule has 1 heterocycles. The Morgan fingerprint density at radius 1 is 1.32 bits per heavy atom. The molecule has 0 aliphatic heterocycles. The van der Waals surface area contributed by atoms with Crippen LogP contribution in [0.3, 0.4) is 0 Å². The number of esters is 1. The summed E-state index contributed by atoms with van der Waals surface area (Å²) in [6.07, 6.45) is 2.94. The summed E-state index contributed by atoms with van der Waals surface area (Å²) >= 11 is 6.25. The van der Waals surface area contributed by atoms with Crippen molar-refractivity contribution in [3.05, 3.63) is 52.7 Å². The van der Waals surface area contributed by atoms with E-state index in [9.17, 15) is 4.79 Å². The third kappa shape index (κ3) is 4.33. The molecule has 0 unspecified atom stereocenters. The Hall–Kier alpha value is -2.47. The van der Waals surface area contributed by atoms with E-state index in [1.165, 1.54) is 20.5 Å². The molecule has 0 saturated carbocycles. The number of halogens is 1. The van der Waals surface area contributed by atoms with E-state index in [1.54, 1.807) is 16.9 Å². The van der Waals surface area contributed by atoms with E-state index in [1.807, 2.05) is 32.9 Å². The van der Waals surface area contributed by atoms with Crippen LogP contribution in [0.4, 0.5) is 0 Å². The zero-order valence-corrected chi connectivity index (χ0v) is 15.6. The molecular weight excluding hydrogens is 344 g/mol. The Bertz CT molecular complexity index is 796. The number of aryl methyl sites for hydroxylation is 1. The third-order valence-corrected chi connectivity index (χ3v) is 3.80. The van der Waals surface area contributed by atoms with E-state index in [-0.39, 0.29) is 11.7 Å². The van der Waals surface area contributed by atoms with Crippen molar-refractivity contribution in [3.8, 4) is 11.4 Å². The molecule has 1 aromatic heterocycles. The fourth-order valence-electron chi connectivity index (χ4n) is 2.17. The van der Waals surface area contributed by atoms with Crippen LogP contribution in [-0.2, 0) is 14.3 Å². The van der Waals surface area contributed by atoms with Gasteiger partial charge in [-0.05, 0) is 24.5 Å². The molecule has 0 saturated heterocycles. The maximum Gasteiger partial charge on any atom is 0.377 e. The monoisotopic (exact) mass is 364 g/mol. The first-order valence-electron chi connectivity index (χ1n) is 7.72. The van der Waals surface area contributed by atoms with Crippen molar-refractivity contribution in [3.63, 3.8) is 0 Å². The van der Waals surface area contributed by atoms with Crippen molar-refractivity contribution in [2.75, 3.05) is 14.2 Å². The molecule has 0 aliphatic carbocycles. The molecule has 0 N–H and O–H groups in total. The van der Waals surface area contributed by atoms with Gasteiger partial charge in [0.05, 0.1) is 30.6 Å².